The SMILES string of the molecule is O=P(c1ccccc1)(c1ccccc1)c1ccc(-c2nnc(-c3ccccc3)o2)cc1. The number of benzene rings is 4. The van der Waals surface area contributed by atoms with Gasteiger partial charge in [0, 0.05) is 27.0 Å². The molecule has 4 aromatic carbocycles. The third-order valence-corrected chi connectivity index (χ3v) is 8.24. The lowest BCUT2D eigenvalue weighted by molar-refractivity contribution is 0.584. The minimum absolute atomic E-state index is 0.430. The summed E-state index contributed by atoms with van der Waals surface area (Å²) in [7, 11) is -3.00. The first-order valence-corrected chi connectivity index (χ1v) is 11.7. The fourth-order valence-corrected chi connectivity index (χ4v) is 6.22. The Morgan fingerprint density at radius 2 is 0.871 bits per heavy atom. The van der Waals surface area contributed by atoms with Crippen LogP contribution in [0, 0.1) is 0 Å². The number of nitrogens with zero attached hydrogens (tertiary/aromatic N) is 2. The topological polar surface area (TPSA) is 56.0 Å². The Balaban J connectivity index is 1.54. The predicted molar refractivity (Wildman–Crippen MR) is 125 cm³/mol. The Hall–Kier alpha value is -3.75. The highest BCUT2D eigenvalue weighted by atomic mass is 31.2. The van der Waals surface area contributed by atoms with Crippen molar-refractivity contribution < 1.29 is 8.98 Å². The zero-order chi connectivity index (χ0) is 21.1. The van der Waals surface area contributed by atoms with Crippen LogP contribution in [0.2, 0.25) is 0 Å². The van der Waals surface area contributed by atoms with Crippen molar-refractivity contribution in [2.24, 2.45) is 0 Å². The van der Waals surface area contributed by atoms with Crippen LogP contribution in [0.5, 0.6) is 0 Å². The Morgan fingerprint density at radius 3 is 1.35 bits per heavy atom. The average molecular weight is 422 g/mol. The normalized spacial score (nSPS) is 11.4. The molecule has 0 unspecified atom stereocenters. The van der Waals surface area contributed by atoms with E-state index in [4.69, 9.17) is 4.42 Å². The molecule has 4 nitrogen and oxygen atoms in total. The van der Waals surface area contributed by atoms with Gasteiger partial charge in [-0.15, -0.1) is 10.2 Å². The van der Waals surface area contributed by atoms with Gasteiger partial charge >= 0.3 is 0 Å². The van der Waals surface area contributed by atoms with Gasteiger partial charge in [0.1, 0.15) is 0 Å². The van der Waals surface area contributed by atoms with Crippen molar-refractivity contribution in [3.63, 3.8) is 0 Å². The van der Waals surface area contributed by atoms with Gasteiger partial charge in [-0.1, -0.05) is 91.0 Å². The molecule has 5 rings (SSSR count). The first-order chi connectivity index (χ1) is 15.2. The molecule has 0 aliphatic heterocycles. The van der Waals surface area contributed by atoms with Crippen molar-refractivity contribution in [3.05, 3.63) is 115 Å². The highest BCUT2D eigenvalue weighted by molar-refractivity contribution is 7.85. The number of aromatic nitrogens is 2. The van der Waals surface area contributed by atoms with E-state index in [1.54, 1.807) is 0 Å². The Morgan fingerprint density at radius 1 is 0.484 bits per heavy atom. The molecule has 5 aromatic rings. The molecule has 150 valence electrons. The molecule has 0 saturated heterocycles. The smallest absolute Gasteiger partial charge is 0.248 e. The molecule has 0 radical (unpaired) electrons. The minimum atomic E-state index is -3.00. The summed E-state index contributed by atoms with van der Waals surface area (Å²) in [5.41, 5.74) is 1.65. The second-order valence-electron chi connectivity index (χ2n) is 7.11. The van der Waals surface area contributed by atoms with Gasteiger partial charge in [-0.25, -0.2) is 0 Å². The number of rotatable bonds is 5. The molecule has 0 bridgehead atoms. The lowest BCUT2D eigenvalue weighted by Crippen LogP contribution is -2.24. The van der Waals surface area contributed by atoms with E-state index in [-0.39, 0.29) is 0 Å². The molecule has 0 aliphatic carbocycles. The van der Waals surface area contributed by atoms with E-state index in [1.807, 2.05) is 115 Å². The van der Waals surface area contributed by atoms with Gasteiger partial charge in [0.15, 0.2) is 7.14 Å². The second kappa shape index (κ2) is 8.17. The summed E-state index contributed by atoms with van der Waals surface area (Å²) in [6.07, 6.45) is 0. The van der Waals surface area contributed by atoms with Crippen molar-refractivity contribution in [1.82, 2.24) is 10.2 Å². The number of hydrogen-bond donors (Lipinski definition) is 0. The van der Waals surface area contributed by atoms with Crippen LogP contribution in [0.1, 0.15) is 0 Å². The quantitative estimate of drug-likeness (QED) is 0.372. The Kier molecular flexibility index (Phi) is 5.07. The molecule has 31 heavy (non-hydrogen) atoms. The van der Waals surface area contributed by atoms with Gasteiger partial charge in [-0.2, -0.15) is 0 Å². The van der Waals surface area contributed by atoms with Crippen LogP contribution in [0.3, 0.4) is 0 Å². The van der Waals surface area contributed by atoms with Crippen molar-refractivity contribution in [1.29, 1.82) is 0 Å². The van der Waals surface area contributed by atoms with E-state index >= 15 is 0 Å². The Labute approximate surface area is 180 Å². The number of hydrogen-bond acceptors (Lipinski definition) is 4. The van der Waals surface area contributed by atoms with Crippen LogP contribution < -0.4 is 15.9 Å². The molecular formula is C26H19N2O2P. The van der Waals surface area contributed by atoms with Crippen LogP contribution in [0.4, 0.5) is 0 Å². The molecule has 0 aliphatic rings. The summed E-state index contributed by atoms with van der Waals surface area (Å²) in [6.45, 7) is 0. The summed E-state index contributed by atoms with van der Waals surface area (Å²) in [4.78, 5) is 0. The van der Waals surface area contributed by atoms with Crippen LogP contribution in [0.15, 0.2) is 120 Å². The molecule has 1 aromatic heterocycles. The summed E-state index contributed by atoms with van der Waals surface area (Å²) < 4.78 is 20.3. The molecule has 0 atom stereocenters. The van der Waals surface area contributed by atoms with Gasteiger partial charge in [0.2, 0.25) is 11.8 Å². The predicted octanol–water partition coefficient (Wildman–Crippen LogP) is 5.04. The summed E-state index contributed by atoms with van der Waals surface area (Å²) >= 11 is 0. The van der Waals surface area contributed by atoms with Crippen molar-refractivity contribution >= 4 is 23.1 Å². The van der Waals surface area contributed by atoms with Gasteiger partial charge < -0.3 is 8.98 Å². The van der Waals surface area contributed by atoms with Gasteiger partial charge in [-0.3, -0.25) is 0 Å². The van der Waals surface area contributed by atoms with Crippen LogP contribution in [-0.2, 0) is 4.57 Å². The standard InChI is InChI=1S/C26H19N2O2P/c29-31(22-12-6-2-7-13-22,23-14-8-3-9-15-23)24-18-16-21(17-19-24)26-28-27-25(30-26)20-10-4-1-5-11-20/h1-19H. The van der Waals surface area contributed by atoms with E-state index in [0.717, 1.165) is 27.0 Å². The summed E-state index contributed by atoms with van der Waals surface area (Å²) in [5, 5.41) is 10.7. The molecular weight excluding hydrogens is 403 g/mol. The molecule has 0 N–H and O–H groups in total. The first kappa shape index (κ1) is 19.2. The van der Waals surface area contributed by atoms with Gasteiger partial charge in [0.05, 0.1) is 0 Å². The van der Waals surface area contributed by atoms with Gasteiger partial charge in [0.25, 0.3) is 0 Å². The highest BCUT2D eigenvalue weighted by Crippen LogP contribution is 2.42. The fourth-order valence-electron chi connectivity index (χ4n) is 3.57. The van der Waals surface area contributed by atoms with Gasteiger partial charge in [-0.05, 0) is 24.3 Å². The van der Waals surface area contributed by atoms with E-state index in [0.29, 0.717) is 11.8 Å². The summed E-state index contributed by atoms with van der Waals surface area (Å²) in [6, 6.07) is 36.4. The van der Waals surface area contributed by atoms with Crippen LogP contribution >= 0.6 is 7.14 Å². The maximum Gasteiger partial charge on any atom is 0.248 e. The zero-order valence-electron chi connectivity index (χ0n) is 16.6. The van der Waals surface area contributed by atoms with E-state index in [2.05, 4.69) is 10.2 Å². The third kappa shape index (κ3) is 3.63. The highest BCUT2D eigenvalue weighted by Gasteiger charge is 2.29. The van der Waals surface area contributed by atoms with Crippen molar-refractivity contribution in [3.8, 4) is 22.9 Å². The third-order valence-electron chi connectivity index (χ3n) is 5.16. The van der Waals surface area contributed by atoms with E-state index in [1.165, 1.54) is 0 Å². The first-order valence-electron chi connectivity index (χ1n) is 9.96. The molecule has 1 heterocycles. The fraction of sp³-hybridized carbons (Fsp3) is 0. The maximum absolute atomic E-state index is 14.4. The van der Waals surface area contributed by atoms with E-state index in [9.17, 15) is 4.57 Å². The monoisotopic (exact) mass is 422 g/mol. The van der Waals surface area contributed by atoms with Crippen molar-refractivity contribution in [2.75, 3.05) is 0 Å². The molecule has 0 fully saturated rings. The summed E-state index contributed by atoms with van der Waals surface area (Å²) in [5.74, 6) is 0.901. The molecule has 0 amide bonds. The average Bonchev–Trinajstić information content (AvgIpc) is 3.36. The van der Waals surface area contributed by atoms with Crippen molar-refractivity contribution in [2.45, 2.75) is 0 Å². The van der Waals surface area contributed by atoms with E-state index < -0.39 is 7.14 Å². The largest absolute Gasteiger partial charge is 0.416 e. The Bertz CT molecular complexity index is 1290. The lowest BCUT2D eigenvalue weighted by atomic mass is 10.2. The molecule has 5 heteroatoms. The zero-order valence-corrected chi connectivity index (χ0v) is 17.5. The second-order valence-corrected chi connectivity index (χ2v) is 9.87. The maximum atomic E-state index is 14.4. The lowest BCUT2D eigenvalue weighted by Gasteiger charge is -2.20. The van der Waals surface area contributed by atoms with Crippen LogP contribution in [0.25, 0.3) is 22.9 Å². The minimum Gasteiger partial charge on any atom is -0.416 e. The molecule has 0 saturated carbocycles. The van der Waals surface area contributed by atoms with Crippen LogP contribution in [-0.4, -0.2) is 10.2 Å². The molecule has 0 spiro atoms.